The van der Waals surface area contributed by atoms with E-state index < -0.39 is 0 Å². The topological polar surface area (TPSA) is 34.1 Å². The second-order valence-corrected chi connectivity index (χ2v) is 3.76. The van der Waals surface area contributed by atoms with Gasteiger partial charge in [-0.1, -0.05) is 0 Å². The molecule has 2 aliphatic rings. The Hall–Kier alpha value is -0.660. The molecule has 0 N–H and O–H groups in total. The maximum absolute atomic E-state index is 11.0. The van der Waals surface area contributed by atoms with Crippen LogP contribution in [0.15, 0.2) is 0 Å². The fraction of sp³-hybridized carbons (Fsp3) is 0.778. The number of carbonyl (C=O) groups excluding carboxylic acids is 2. The van der Waals surface area contributed by atoms with Gasteiger partial charge in [-0.25, -0.2) is 0 Å². The van der Waals surface area contributed by atoms with Gasteiger partial charge in [-0.05, 0) is 24.7 Å². The van der Waals surface area contributed by atoms with E-state index in [1.165, 1.54) is 12.8 Å². The summed E-state index contributed by atoms with van der Waals surface area (Å²) in [6.45, 7) is 0. The number of rotatable bonds is 1. The standard InChI is InChI=1S/C9H12O2/c10-8-3-7(6-1-2-6)4-9(11)5-8/h6-7H,1-5H2. The molecule has 11 heavy (non-hydrogen) atoms. The molecule has 2 fully saturated rings. The minimum atomic E-state index is 0.165. The summed E-state index contributed by atoms with van der Waals surface area (Å²) < 4.78 is 0. The molecule has 2 nitrogen and oxygen atoms in total. The minimum absolute atomic E-state index is 0.165. The molecule has 0 spiro atoms. The van der Waals surface area contributed by atoms with Crippen LogP contribution in [0.1, 0.15) is 32.1 Å². The van der Waals surface area contributed by atoms with Gasteiger partial charge in [0.15, 0.2) is 0 Å². The summed E-state index contributed by atoms with van der Waals surface area (Å²) in [5.41, 5.74) is 0. The van der Waals surface area contributed by atoms with E-state index in [1.54, 1.807) is 0 Å². The van der Waals surface area contributed by atoms with Crippen LogP contribution >= 0.6 is 0 Å². The van der Waals surface area contributed by atoms with Crippen molar-refractivity contribution < 1.29 is 9.59 Å². The van der Waals surface area contributed by atoms with Crippen LogP contribution in [-0.2, 0) is 9.59 Å². The number of carbonyl (C=O) groups is 2. The molecule has 0 amide bonds. The molecule has 0 radical (unpaired) electrons. The van der Waals surface area contributed by atoms with Crippen LogP contribution in [0.3, 0.4) is 0 Å². The second kappa shape index (κ2) is 2.43. The molecule has 2 saturated carbocycles. The van der Waals surface area contributed by atoms with Crippen LogP contribution < -0.4 is 0 Å². The van der Waals surface area contributed by atoms with Crippen molar-refractivity contribution in [1.82, 2.24) is 0 Å². The molecule has 0 aromatic rings. The molecular formula is C9H12O2. The monoisotopic (exact) mass is 152 g/mol. The van der Waals surface area contributed by atoms with E-state index in [1.807, 2.05) is 0 Å². The molecule has 2 heteroatoms. The van der Waals surface area contributed by atoms with E-state index in [4.69, 9.17) is 0 Å². The lowest BCUT2D eigenvalue weighted by Gasteiger charge is -2.18. The van der Waals surface area contributed by atoms with Crippen molar-refractivity contribution in [3.8, 4) is 0 Å². The predicted molar refractivity (Wildman–Crippen MR) is 40.1 cm³/mol. The Morgan fingerprint density at radius 1 is 0.909 bits per heavy atom. The molecule has 0 atom stereocenters. The van der Waals surface area contributed by atoms with Crippen LogP contribution in [0.25, 0.3) is 0 Å². The van der Waals surface area contributed by atoms with Crippen molar-refractivity contribution in [2.24, 2.45) is 11.8 Å². The molecule has 0 aromatic heterocycles. The Balaban J connectivity index is 1.99. The molecule has 0 heterocycles. The lowest BCUT2D eigenvalue weighted by molar-refractivity contribution is -0.131. The first-order chi connectivity index (χ1) is 5.25. The summed E-state index contributed by atoms with van der Waals surface area (Å²) >= 11 is 0. The van der Waals surface area contributed by atoms with E-state index in [-0.39, 0.29) is 18.0 Å². The third-order valence-corrected chi connectivity index (χ3v) is 2.66. The number of ketones is 2. The number of hydrogen-bond donors (Lipinski definition) is 0. The van der Waals surface area contributed by atoms with Gasteiger partial charge in [-0.15, -0.1) is 0 Å². The van der Waals surface area contributed by atoms with Gasteiger partial charge in [0.05, 0.1) is 6.42 Å². The van der Waals surface area contributed by atoms with Crippen LogP contribution in [0, 0.1) is 11.8 Å². The predicted octanol–water partition coefficient (Wildman–Crippen LogP) is 1.33. The smallest absolute Gasteiger partial charge is 0.140 e. The summed E-state index contributed by atoms with van der Waals surface area (Å²) in [5, 5.41) is 0. The lowest BCUT2D eigenvalue weighted by Crippen LogP contribution is -2.23. The molecule has 2 rings (SSSR count). The second-order valence-electron chi connectivity index (χ2n) is 3.76. The highest BCUT2D eigenvalue weighted by molar-refractivity contribution is 6.01. The van der Waals surface area contributed by atoms with Crippen LogP contribution in [0.2, 0.25) is 0 Å². The van der Waals surface area contributed by atoms with Gasteiger partial charge in [-0.3, -0.25) is 9.59 Å². The van der Waals surface area contributed by atoms with Gasteiger partial charge in [-0.2, -0.15) is 0 Å². The maximum atomic E-state index is 11.0. The molecular weight excluding hydrogens is 140 g/mol. The average Bonchev–Trinajstić information content (AvgIpc) is 2.64. The zero-order valence-corrected chi connectivity index (χ0v) is 6.51. The Kier molecular flexibility index (Phi) is 1.55. The van der Waals surface area contributed by atoms with E-state index in [0.29, 0.717) is 24.7 Å². The highest BCUT2D eigenvalue weighted by atomic mass is 16.1. The third-order valence-electron chi connectivity index (χ3n) is 2.66. The van der Waals surface area contributed by atoms with Crippen molar-refractivity contribution in [2.75, 3.05) is 0 Å². The van der Waals surface area contributed by atoms with E-state index >= 15 is 0 Å². The number of Topliss-reactive ketones (excluding diaryl/α,β-unsaturated/α-hetero) is 2. The lowest BCUT2D eigenvalue weighted by atomic mass is 9.84. The highest BCUT2D eigenvalue weighted by Crippen LogP contribution is 2.42. The van der Waals surface area contributed by atoms with Crippen molar-refractivity contribution in [3.63, 3.8) is 0 Å². The van der Waals surface area contributed by atoms with Gasteiger partial charge in [0.25, 0.3) is 0 Å². The summed E-state index contributed by atoms with van der Waals surface area (Å²) in [6, 6.07) is 0. The fourth-order valence-corrected chi connectivity index (χ4v) is 1.92. The molecule has 0 bridgehead atoms. The van der Waals surface area contributed by atoms with Gasteiger partial charge >= 0.3 is 0 Å². The third kappa shape index (κ3) is 1.50. The zero-order chi connectivity index (χ0) is 7.84. The van der Waals surface area contributed by atoms with Crippen molar-refractivity contribution in [3.05, 3.63) is 0 Å². The molecule has 2 aliphatic carbocycles. The summed E-state index contributed by atoms with van der Waals surface area (Å²) in [6.07, 6.45) is 4.05. The highest BCUT2D eigenvalue weighted by Gasteiger charge is 2.36. The summed E-state index contributed by atoms with van der Waals surface area (Å²) in [5.74, 6) is 1.46. The Bertz CT molecular complexity index is 188. The largest absolute Gasteiger partial charge is 0.299 e. The first kappa shape index (κ1) is 7.01. The van der Waals surface area contributed by atoms with E-state index in [9.17, 15) is 9.59 Å². The summed E-state index contributed by atoms with van der Waals surface area (Å²) in [7, 11) is 0. The Morgan fingerprint density at radius 3 is 1.91 bits per heavy atom. The van der Waals surface area contributed by atoms with E-state index in [2.05, 4.69) is 0 Å². The minimum Gasteiger partial charge on any atom is -0.299 e. The van der Waals surface area contributed by atoms with Crippen molar-refractivity contribution in [1.29, 1.82) is 0 Å². The van der Waals surface area contributed by atoms with Crippen molar-refractivity contribution in [2.45, 2.75) is 32.1 Å². The molecule has 0 unspecified atom stereocenters. The Labute approximate surface area is 66.0 Å². The average molecular weight is 152 g/mol. The number of hydrogen-bond acceptors (Lipinski definition) is 2. The normalized spacial score (nSPS) is 27.6. The molecule has 60 valence electrons. The summed E-state index contributed by atoms with van der Waals surface area (Å²) in [4.78, 5) is 22.0. The molecule has 0 aromatic carbocycles. The molecule has 0 aliphatic heterocycles. The van der Waals surface area contributed by atoms with Gasteiger partial charge in [0.2, 0.25) is 0 Å². The van der Waals surface area contributed by atoms with Gasteiger partial charge in [0.1, 0.15) is 11.6 Å². The zero-order valence-electron chi connectivity index (χ0n) is 6.51. The van der Waals surface area contributed by atoms with Crippen LogP contribution in [0.4, 0.5) is 0 Å². The van der Waals surface area contributed by atoms with Crippen LogP contribution in [-0.4, -0.2) is 11.6 Å². The van der Waals surface area contributed by atoms with Crippen molar-refractivity contribution >= 4 is 11.6 Å². The Morgan fingerprint density at radius 2 is 1.45 bits per heavy atom. The van der Waals surface area contributed by atoms with Gasteiger partial charge in [0, 0.05) is 12.8 Å². The van der Waals surface area contributed by atoms with Crippen LogP contribution in [0.5, 0.6) is 0 Å². The SMILES string of the molecule is O=C1CC(=O)CC(C2CC2)C1. The first-order valence-corrected chi connectivity index (χ1v) is 4.29. The van der Waals surface area contributed by atoms with Gasteiger partial charge < -0.3 is 0 Å². The first-order valence-electron chi connectivity index (χ1n) is 4.29. The molecule has 0 saturated heterocycles. The fourth-order valence-electron chi connectivity index (χ4n) is 1.92. The quantitative estimate of drug-likeness (QED) is 0.531. The van der Waals surface area contributed by atoms with E-state index in [0.717, 1.165) is 0 Å². The maximum Gasteiger partial charge on any atom is 0.140 e.